The van der Waals surface area contributed by atoms with E-state index >= 15 is 0 Å². The number of nitrogens with one attached hydrogen (secondary N) is 1. The third-order valence-electron chi connectivity index (χ3n) is 5.87. The minimum absolute atomic E-state index is 0. The minimum Gasteiger partial charge on any atom is -0.322 e. The Labute approximate surface area is 198 Å². The molecule has 0 radical (unpaired) electrons. The molecule has 1 atom stereocenters. The summed E-state index contributed by atoms with van der Waals surface area (Å²) in [6, 6.07) is 11.7. The summed E-state index contributed by atoms with van der Waals surface area (Å²) >= 11 is 0. The monoisotopic (exact) mass is 490 g/mol. The van der Waals surface area contributed by atoms with Crippen LogP contribution in [0, 0.1) is 0 Å². The third kappa shape index (κ3) is 3.94. The van der Waals surface area contributed by atoms with Crippen molar-refractivity contribution in [2.45, 2.75) is 31.7 Å². The van der Waals surface area contributed by atoms with Gasteiger partial charge in [0.1, 0.15) is 11.9 Å². The Kier molecular flexibility index (Phi) is 5.94. The van der Waals surface area contributed by atoms with Crippen molar-refractivity contribution in [1.29, 1.82) is 0 Å². The molecule has 0 saturated carbocycles. The summed E-state index contributed by atoms with van der Waals surface area (Å²) in [6.07, 6.45) is -3.22. The Morgan fingerprint density at radius 2 is 1.74 bits per heavy atom. The van der Waals surface area contributed by atoms with Gasteiger partial charge in [-0.3, -0.25) is 19.7 Å². The normalized spacial score (nSPS) is 17.9. The maximum Gasteiger partial charge on any atom is 0.490 e. The fraction of sp³-hybridized carbons (Fsp3) is 0.217. The number of fused-ring (bicyclic) bond motifs is 1. The minimum atomic E-state index is -4.72. The van der Waals surface area contributed by atoms with E-state index in [-0.39, 0.29) is 53.4 Å². The molecule has 11 heteroatoms. The predicted molar refractivity (Wildman–Crippen MR) is 118 cm³/mol. The summed E-state index contributed by atoms with van der Waals surface area (Å²) in [4.78, 5) is 41.9. The van der Waals surface area contributed by atoms with Crippen LogP contribution in [0.2, 0.25) is 0 Å². The van der Waals surface area contributed by atoms with Gasteiger partial charge in [0.05, 0.1) is 11.9 Å². The van der Waals surface area contributed by atoms with Gasteiger partial charge in [0, 0.05) is 29.7 Å². The van der Waals surface area contributed by atoms with E-state index < -0.39 is 30.1 Å². The van der Waals surface area contributed by atoms with Gasteiger partial charge in [-0.25, -0.2) is 9.55 Å². The molecule has 1 N–H and O–H groups in total. The van der Waals surface area contributed by atoms with Crippen LogP contribution in [0.3, 0.4) is 0 Å². The molecule has 1 unspecified atom stereocenters. The van der Waals surface area contributed by atoms with Gasteiger partial charge in [0.25, 0.3) is 5.91 Å². The van der Waals surface area contributed by atoms with Crippen LogP contribution in [-0.2, 0) is 22.4 Å². The largest absolute Gasteiger partial charge is 0.490 e. The van der Waals surface area contributed by atoms with E-state index in [4.69, 9.17) is 0 Å². The number of halogens is 4. The van der Waals surface area contributed by atoms with Crippen molar-refractivity contribution < 1.29 is 27.6 Å². The maximum atomic E-state index is 14.0. The van der Waals surface area contributed by atoms with Crippen LogP contribution >= 0.6 is 12.4 Å². The molecule has 7 nitrogen and oxygen atoms in total. The quantitative estimate of drug-likeness (QED) is 0.565. The summed E-state index contributed by atoms with van der Waals surface area (Å²) in [7, 11) is 0. The van der Waals surface area contributed by atoms with Gasteiger partial charge in [-0.15, -0.1) is 25.6 Å². The molecule has 5 rings (SSSR count). The zero-order chi connectivity index (χ0) is 23.3. The molecule has 2 aromatic carbocycles. The van der Waals surface area contributed by atoms with Crippen molar-refractivity contribution in [2.24, 2.45) is 0 Å². The van der Waals surface area contributed by atoms with Gasteiger partial charge in [-0.1, -0.05) is 36.4 Å². The number of hydrogen-bond acceptors (Lipinski definition) is 4. The molecule has 2 aliphatic rings. The summed E-state index contributed by atoms with van der Waals surface area (Å²) < 4.78 is 42.3. The molecule has 1 saturated heterocycles. The van der Waals surface area contributed by atoms with E-state index in [1.807, 2.05) is 0 Å². The summed E-state index contributed by atoms with van der Waals surface area (Å²) in [5, 5.41) is 2.22. The molecule has 3 amide bonds. The maximum absolute atomic E-state index is 14.0. The fourth-order valence-corrected chi connectivity index (χ4v) is 4.34. The van der Waals surface area contributed by atoms with E-state index in [1.165, 1.54) is 29.3 Å². The average Bonchev–Trinajstić information content (AvgIpc) is 3.36. The number of imidazole rings is 1. The lowest BCUT2D eigenvalue weighted by Gasteiger charge is -2.29. The average molecular weight is 491 g/mol. The van der Waals surface area contributed by atoms with Crippen LogP contribution in [0.1, 0.15) is 28.8 Å². The molecular weight excluding hydrogens is 473 g/mol. The lowest BCUT2D eigenvalue weighted by atomic mass is 10.0. The Morgan fingerprint density at radius 3 is 2.41 bits per heavy atom. The lowest BCUT2D eigenvalue weighted by molar-refractivity contribution is -0.201. The van der Waals surface area contributed by atoms with Gasteiger partial charge >= 0.3 is 6.30 Å². The van der Waals surface area contributed by atoms with Gasteiger partial charge in [0.15, 0.2) is 0 Å². The summed E-state index contributed by atoms with van der Waals surface area (Å²) in [6.45, 7) is 0.0621. The van der Waals surface area contributed by atoms with E-state index in [0.717, 1.165) is 0 Å². The number of rotatable bonds is 3. The van der Waals surface area contributed by atoms with Gasteiger partial charge in [0.2, 0.25) is 11.8 Å². The number of imide groups is 1. The van der Waals surface area contributed by atoms with Crippen LogP contribution in [-0.4, -0.2) is 38.2 Å². The highest BCUT2D eigenvalue weighted by atomic mass is 35.5. The summed E-state index contributed by atoms with van der Waals surface area (Å²) in [5.41, 5.74) is 1.29. The van der Waals surface area contributed by atoms with Crippen molar-refractivity contribution >= 4 is 30.1 Å². The van der Waals surface area contributed by atoms with E-state index in [0.29, 0.717) is 16.7 Å². The van der Waals surface area contributed by atoms with E-state index in [1.54, 1.807) is 30.3 Å². The van der Waals surface area contributed by atoms with Crippen LogP contribution in [0.25, 0.3) is 22.6 Å². The number of alkyl halides is 3. The van der Waals surface area contributed by atoms with Crippen molar-refractivity contribution in [3.05, 3.63) is 65.9 Å². The molecule has 0 aliphatic carbocycles. The molecule has 0 bridgehead atoms. The SMILES string of the molecule is Cl.O=C1CCC(N2Cc3cc(-c4ncc(-c5ccccc5)n4C(F)(F)F)ccc3C2=O)C(=O)N1. The van der Waals surface area contributed by atoms with Gasteiger partial charge in [-0.05, 0) is 24.1 Å². The number of hydrogen-bond donors (Lipinski definition) is 1. The number of nitrogens with zero attached hydrogens (tertiary/aromatic N) is 3. The van der Waals surface area contributed by atoms with Crippen molar-refractivity contribution in [3.63, 3.8) is 0 Å². The number of benzene rings is 2. The van der Waals surface area contributed by atoms with Crippen LogP contribution in [0.5, 0.6) is 0 Å². The molecule has 1 fully saturated rings. The van der Waals surface area contributed by atoms with Crippen molar-refractivity contribution in [1.82, 2.24) is 19.8 Å². The second-order valence-electron chi connectivity index (χ2n) is 7.91. The molecule has 2 aliphatic heterocycles. The van der Waals surface area contributed by atoms with E-state index in [9.17, 15) is 27.6 Å². The van der Waals surface area contributed by atoms with Gasteiger partial charge in [-0.2, -0.15) is 0 Å². The van der Waals surface area contributed by atoms with E-state index in [2.05, 4.69) is 10.3 Å². The van der Waals surface area contributed by atoms with Crippen LogP contribution < -0.4 is 5.32 Å². The predicted octanol–water partition coefficient (Wildman–Crippen LogP) is 3.88. The third-order valence-corrected chi connectivity index (χ3v) is 5.87. The lowest BCUT2D eigenvalue weighted by Crippen LogP contribution is -2.52. The van der Waals surface area contributed by atoms with Gasteiger partial charge < -0.3 is 4.90 Å². The molecule has 176 valence electrons. The Hall–Kier alpha value is -3.66. The standard InChI is InChI=1S/C23H17F3N4O3.ClH/c24-23(25,26)30-18(13-4-2-1-3-5-13)11-27-20(30)14-6-7-16-15(10-14)12-29(22(16)33)17-8-9-19(31)28-21(17)32;/h1-7,10-11,17H,8-9,12H2,(H,28,31,32);1H. The smallest absolute Gasteiger partial charge is 0.322 e. The van der Waals surface area contributed by atoms with Crippen molar-refractivity contribution in [2.75, 3.05) is 0 Å². The number of amides is 3. The molecule has 0 spiro atoms. The second-order valence-corrected chi connectivity index (χ2v) is 7.91. The second kappa shape index (κ2) is 8.60. The fourth-order valence-electron chi connectivity index (χ4n) is 4.34. The van der Waals surface area contributed by atoms with Crippen molar-refractivity contribution in [3.8, 4) is 22.6 Å². The molecule has 3 aromatic rings. The first-order valence-corrected chi connectivity index (χ1v) is 10.2. The molecular formula is C23H18ClF3N4O3. The number of carbonyl (C=O) groups excluding carboxylic acids is 3. The zero-order valence-electron chi connectivity index (χ0n) is 17.5. The first kappa shape index (κ1) is 23.5. The zero-order valence-corrected chi connectivity index (χ0v) is 18.3. The summed E-state index contributed by atoms with van der Waals surface area (Å²) in [5.74, 6) is -1.63. The first-order valence-electron chi connectivity index (χ1n) is 10.2. The first-order chi connectivity index (χ1) is 15.7. The Balaban J connectivity index is 0.00000274. The van der Waals surface area contributed by atoms with Crippen LogP contribution in [0.4, 0.5) is 13.2 Å². The molecule has 3 heterocycles. The highest BCUT2D eigenvalue weighted by molar-refractivity contribution is 6.05. The Morgan fingerprint density at radius 1 is 1.00 bits per heavy atom. The Bertz CT molecular complexity index is 1290. The molecule has 34 heavy (non-hydrogen) atoms. The topological polar surface area (TPSA) is 84.3 Å². The highest BCUT2D eigenvalue weighted by Crippen LogP contribution is 2.37. The van der Waals surface area contributed by atoms with Crippen LogP contribution in [0.15, 0.2) is 54.7 Å². The highest BCUT2D eigenvalue weighted by Gasteiger charge is 2.40. The number of carbonyl (C=O) groups is 3. The number of aromatic nitrogens is 2. The number of piperidine rings is 1. The molecule has 1 aromatic heterocycles.